The SMILES string of the molecule is CSc1cc(F)c(C)c(F)c1F. The van der Waals surface area contributed by atoms with Crippen molar-refractivity contribution >= 4 is 11.8 Å². The van der Waals surface area contributed by atoms with E-state index < -0.39 is 17.5 Å². The van der Waals surface area contributed by atoms with Crippen LogP contribution in [-0.4, -0.2) is 6.26 Å². The molecule has 1 aromatic carbocycles. The molecule has 1 rings (SSSR count). The minimum absolute atomic E-state index is 0.00407. The number of halogens is 3. The second-order valence-corrected chi connectivity index (χ2v) is 3.16. The van der Waals surface area contributed by atoms with E-state index in [0.29, 0.717) is 0 Å². The standard InChI is InChI=1S/C8H7F3S/c1-4-5(9)3-6(12-2)8(11)7(4)10/h3H,1-2H3. The van der Waals surface area contributed by atoms with Gasteiger partial charge in [0.1, 0.15) is 5.82 Å². The van der Waals surface area contributed by atoms with Gasteiger partial charge in [0.05, 0.1) is 0 Å². The van der Waals surface area contributed by atoms with Crippen molar-refractivity contribution in [2.45, 2.75) is 11.8 Å². The normalized spacial score (nSPS) is 10.4. The summed E-state index contributed by atoms with van der Waals surface area (Å²) >= 11 is 0.977. The zero-order chi connectivity index (χ0) is 9.30. The van der Waals surface area contributed by atoms with E-state index in [4.69, 9.17) is 0 Å². The maximum absolute atomic E-state index is 12.9. The predicted molar refractivity (Wildman–Crippen MR) is 42.8 cm³/mol. The van der Waals surface area contributed by atoms with Gasteiger partial charge in [-0.05, 0) is 19.2 Å². The molecular weight excluding hydrogens is 185 g/mol. The Morgan fingerprint density at radius 2 is 1.75 bits per heavy atom. The maximum Gasteiger partial charge on any atom is 0.172 e. The minimum Gasteiger partial charge on any atom is -0.207 e. The average molecular weight is 192 g/mol. The first kappa shape index (κ1) is 9.45. The lowest BCUT2D eigenvalue weighted by molar-refractivity contribution is 0.469. The van der Waals surface area contributed by atoms with Gasteiger partial charge in [-0.1, -0.05) is 0 Å². The van der Waals surface area contributed by atoms with Crippen LogP contribution in [-0.2, 0) is 0 Å². The minimum atomic E-state index is -1.10. The summed E-state index contributed by atoms with van der Waals surface area (Å²) in [6, 6.07) is 0.998. The van der Waals surface area contributed by atoms with Gasteiger partial charge in [-0.2, -0.15) is 0 Å². The highest BCUT2D eigenvalue weighted by Crippen LogP contribution is 2.25. The lowest BCUT2D eigenvalue weighted by Gasteiger charge is -2.03. The van der Waals surface area contributed by atoms with Gasteiger partial charge in [0.25, 0.3) is 0 Å². The topological polar surface area (TPSA) is 0 Å². The van der Waals surface area contributed by atoms with Crippen LogP contribution >= 0.6 is 11.8 Å². The first-order valence-corrected chi connectivity index (χ1v) is 4.48. The predicted octanol–water partition coefficient (Wildman–Crippen LogP) is 3.13. The first-order valence-electron chi connectivity index (χ1n) is 3.26. The van der Waals surface area contributed by atoms with Crippen LogP contribution in [0, 0.1) is 24.4 Å². The fourth-order valence-corrected chi connectivity index (χ4v) is 1.30. The lowest BCUT2D eigenvalue weighted by Crippen LogP contribution is -1.95. The molecule has 0 aliphatic carbocycles. The van der Waals surface area contributed by atoms with Crippen molar-refractivity contribution in [3.8, 4) is 0 Å². The number of benzene rings is 1. The molecule has 0 atom stereocenters. The van der Waals surface area contributed by atoms with Crippen LogP contribution in [0.1, 0.15) is 5.56 Å². The fourth-order valence-electron chi connectivity index (χ4n) is 0.813. The van der Waals surface area contributed by atoms with Gasteiger partial charge in [0.2, 0.25) is 0 Å². The number of hydrogen-bond acceptors (Lipinski definition) is 1. The van der Waals surface area contributed by atoms with Crippen molar-refractivity contribution in [2.75, 3.05) is 6.26 Å². The lowest BCUT2D eigenvalue weighted by atomic mass is 10.2. The van der Waals surface area contributed by atoms with E-state index in [0.717, 1.165) is 17.8 Å². The average Bonchev–Trinajstić information content (AvgIpc) is 2.08. The van der Waals surface area contributed by atoms with E-state index >= 15 is 0 Å². The molecule has 0 aromatic heterocycles. The van der Waals surface area contributed by atoms with E-state index in [2.05, 4.69) is 0 Å². The van der Waals surface area contributed by atoms with Crippen molar-refractivity contribution in [1.29, 1.82) is 0 Å². The van der Waals surface area contributed by atoms with E-state index in [1.54, 1.807) is 6.26 Å². The molecule has 0 amide bonds. The molecule has 0 aliphatic rings. The molecule has 0 spiro atoms. The van der Waals surface area contributed by atoms with Crippen molar-refractivity contribution in [3.05, 3.63) is 29.1 Å². The van der Waals surface area contributed by atoms with Crippen molar-refractivity contribution in [1.82, 2.24) is 0 Å². The van der Waals surface area contributed by atoms with E-state index in [9.17, 15) is 13.2 Å². The molecule has 0 heterocycles. The van der Waals surface area contributed by atoms with Crippen LogP contribution in [0.4, 0.5) is 13.2 Å². The van der Waals surface area contributed by atoms with Crippen molar-refractivity contribution in [3.63, 3.8) is 0 Å². The Balaban J connectivity index is 3.39. The monoisotopic (exact) mass is 192 g/mol. The first-order chi connectivity index (χ1) is 5.57. The third kappa shape index (κ3) is 1.43. The molecule has 1 aromatic rings. The molecule has 0 saturated carbocycles. The van der Waals surface area contributed by atoms with Crippen LogP contribution in [0.2, 0.25) is 0 Å². The van der Waals surface area contributed by atoms with Crippen LogP contribution in [0.15, 0.2) is 11.0 Å². The summed E-state index contributed by atoms with van der Waals surface area (Å²) in [6.07, 6.45) is 1.56. The summed E-state index contributed by atoms with van der Waals surface area (Å²) in [6.45, 7) is 1.21. The second-order valence-electron chi connectivity index (χ2n) is 2.31. The zero-order valence-corrected chi connectivity index (χ0v) is 7.44. The number of thioether (sulfide) groups is 1. The van der Waals surface area contributed by atoms with Gasteiger partial charge in [0, 0.05) is 10.5 Å². The third-order valence-corrected chi connectivity index (χ3v) is 2.31. The summed E-state index contributed by atoms with van der Waals surface area (Å²) < 4.78 is 38.5. The van der Waals surface area contributed by atoms with Crippen LogP contribution in [0.3, 0.4) is 0 Å². The largest absolute Gasteiger partial charge is 0.207 e. The molecule has 0 bridgehead atoms. The van der Waals surface area contributed by atoms with Gasteiger partial charge in [-0.3, -0.25) is 0 Å². The zero-order valence-electron chi connectivity index (χ0n) is 6.62. The molecule has 0 aliphatic heterocycles. The summed E-state index contributed by atoms with van der Waals surface area (Å²) in [5.41, 5.74) is -0.273. The maximum atomic E-state index is 12.9. The third-order valence-electron chi connectivity index (χ3n) is 1.57. The highest BCUT2D eigenvalue weighted by molar-refractivity contribution is 7.98. The van der Waals surface area contributed by atoms with Gasteiger partial charge in [0.15, 0.2) is 11.6 Å². The Hall–Kier alpha value is -0.640. The van der Waals surface area contributed by atoms with Crippen molar-refractivity contribution in [2.24, 2.45) is 0 Å². The highest BCUT2D eigenvalue weighted by Gasteiger charge is 2.14. The molecule has 0 unspecified atom stereocenters. The highest BCUT2D eigenvalue weighted by atomic mass is 32.2. The fraction of sp³-hybridized carbons (Fsp3) is 0.250. The molecule has 12 heavy (non-hydrogen) atoms. The van der Waals surface area contributed by atoms with Crippen LogP contribution in [0.5, 0.6) is 0 Å². The summed E-state index contributed by atoms with van der Waals surface area (Å²) in [4.78, 5) is -0.00407. The number of rotatable bonds is 1. The summed E-state index contributed by atoms with van der Waals surface area (Å²) in [5.74, 6) is -2.78. The molecule has 66 valence electrons. The van der Waals surface area contributed by atoms with Gasteiger partial charge >= 0.3 is 0 Å². The van der Waals surface area contributed by atoms with Crippen molar-refractivity contribution < 1.29 is 13.2 Å². The van der Waals surface area contributed by atoms with E-state index in [1.807, 2.05) is 0 Å². The molecule has 0 radical (unpaired) electrons. The Morgan fingerprint density at radius 1 is 1.17 bits per heavy atom. The summed E-state index contributed by atoms with van der Waals surface area (Å²) in [7, 11) is 0. The van der Waals surface area contributed by atoms with E-state index in [1.165, 1.54) is 6.92 Å². The van der Waals surface area contributed by atoms with Gasteiger partial charge < -0.3 is 0 Å². The molecule has 0 N–H and O–H groups in total. The molecule has 0 fully saturated rings. The van der Waals surface area contributed by atoms with Gasteiger partial charge in [-0.15, -0.1) is 11.8 Å². The molecular formula is C8H7F3S. The molecule has 4 heteroatoms. The Kier molecular flexibility index (Phi) is 2.67. The van der Waals surface area contributed by atoms with Crippen LogP contribution < -0.4 is 0 Å². The Morgan fingerprint density at radius 3 is 2.25 bits per heavy atom. The second kappa shape index (κ2) is 3.39. The smallest absolute Gasteiger partial charge is 0.172 e. The quantitative estimate of drug-likeness (QED) is 0.486. The van der Waals surface area contributed by atoms with Gasteiger partial charge in [-0.25, -0.2) is 13.2 Å². The molecule has 0 saturated heterocycles. The molecule has 0 nitrogen and oxygen atoms in total. The number of hydrogen-bond donors (Lipinski definition) is 0. The Labute approximate surface area is 72.8 Å². The van der Waals surface area contributed by atoms with E-state index in [-0.39, 0.29) is 10.5 Å². The summed E-state index contributed by atoms with van der Waals surface area (Å²) in [5, 5.41) is 0. The van der Waals surface area contributed by atoms with Crippen LogP contribution in [0.25, 0.3) is 0 Å². The Bertz CT molecular complexity index is 310.